The van der Waals surface area contributed by atoms with E-state index in [-0.39, 0.29) is 5.75 Å². The Balaban J connectivity index is 2.71. The third-order valence-corrected chi connectivity index (χ3v) is 2.35. The lowest BCUT2D eigenvalue weighted by molar-refractivity contribution is -0.385. The smallest absolute Gasteiger partial charge is 0.342 e. The van der Waals surface area contributed by atoms with Crippen LogP contribution in [0.5, 0.6) is 5.75 Å². The van der Waals surface area contributed by atoms with Gasteiger partial charge in [0.2, 0.25) is 0 Å². The number of nitriles is 1. The molecule has 0 aromatic heterocycles. The van der Waals surface area contributed by atoms with Crippen molar-refractivity contribution in [2.45, 2.75) is 19.3 Å². The molecular formula is C12H12N2O5. The van der Waals surface area contributed by atoms with Crippen molar-refractivity contribution in [3.8, 4) is 11.8 Å². The van der Waals surface area contributed by atoms with Crippen LogP contribution in [0, 0.1) is 21.4 Å². The van der Waals surface area contributed by atoms with Crippen molar-refractivity contribution >= 4 is 11.7 Å². The number of hydrogen-bond donors (Lipinski definition) is 1. The van der Waals surface area contributed by atoms with Gasteiger partial charge in [-0.3, -0.25) is 10.1 Å². The van der Waals surface area contributed by atoms with Crippen molar-refractivity contribution in [1.82, 2.24) is 0 Å². The molecule has 0 bridgehead atoms. The van der Waals surface area contributed by atoms with Crippen LogP contribution in [0.3, 0.4) is 0 Å². The average Bonchev–Trinajstić information content (AvgIpc) is 2.38. The number of nitrogens with zero attached hydrogens (tertiary/aromatic N) is 2. The van der Waals surface area contributed by atoms with Gasteiger partial charge in [-0.25, -0.2) is 4.79 Å². The highest BCUT2D eigenvalue weighted by atomic mass is 16.6. The van der Waals surface area contributed by atoms with Crippen molar-refractivity contribution in [1.29, 1.82) is 5.26 Å². The Bertz CT molecular complexity index is 521. The zero-order valence-corrected chi connectivity index (χ0v) is 10.0. The van der Waals surface area contributed by atoms with E-state index in [0.29, 0.717) is 25.9 Å². The fourth-order valence-electron chi connectivity index (χ4n) is 1.43. The van der Waals surface area contributed by atoms with Crippen molar-refractivity contribution in [2.24, 2.45) is 0 Å². The number of ether oxygens (including phenoxy) is 1. The molecule has 7 nitrogen and oxygen atoms in total. The van der Waals surface area contributed by atoms with Gasteiger partial charge in [0.25, 0.3) is 5.69 Å². The van der Waals surface area contributed by atoms with E-state index in [2.05, 4.69) is 0 Å². The van der Waals surface area contributed by atoms with E-state index in [0.717, 1.165) is 12.1 Å². The molecule has 0 unspecified atom stereocenters. The van der Waals surface area contributed by atoms with Crippen LogP contribution in [0.4, 0.5) is 5.69 Å². The first-order valence-electron chi connectivity index (χ1n) is 5.57. The van der Waals surface area contributed by atoms with Gasteiger partial charge in [-0.15, -0.1) is 0 Å². The lowest BCUT2D eigenvalue weighted by atomic mass is 10.1. The van der Waals surface area contributed by atoms with E-state index < -0.39 is 22.1 Å². The van der Waals surface area contributed by atoms with E-state index in [1.165, 1.54) is 6.07 Å². The molecule has 0 amide bonds. The highest BCUT2D eigenvalue weighted by Gasteiger charge is 2.20. The maximum Gasteiger partial charge on any atom is 0.342 e. The molecule has 0 aliphatic carbocycles. The summed E-state index contributed by atoms with van der Waals surface area (Å²) in [5.41, 5.74) is -0.871. The summed E-state index contributed by atoms with van der Waals surface area (Å²) in [5, 5.41) is 27.9. The summed E-state index contributed by atoms with van der Waals surface area (Å²) >= 11 is 0. The van der Waals surface area contributed by atoms with Crippen LogP contribution >= 0.6 is 0 Å². The van der Waals surface area contributed by atoms with Crippen LogP contribution in [0.25, 0.3) is 0 Å². The van der Waals surface area contributed by atoms with E-state index in [1.54, 1.807) is 0 Å². The molecule has 0 aliphatic heterocycles. The van der Waals surface area contributed by atoms with Gasteiger partial charge < -0.3 is 9.84 Å². The Morgan fingerprint density at radius 3 is 2.79 bits per heavy atom. The molecular weight excluding hydrogens is 252 g/mol. The maximum absolute atomic E-state index is 10.9. The van der Waals surface area contributed by atoms with Gasteiger partial charge in [0, 0.05) is 18.6 Å². The summed E-state index contributed by atoms with van der Waals surface area (Å²) in [6, 6.07) is 5.59. The fraction of sp³-hybridized carbons (Fsp3) is 0.333. The Labute approximate surface area is 109 Å². The minimum Gasteiger partial charge on any atom is -0.494 e. The van der Waals surface area contributed by atoms with Crippen LogP contribution in [0.1, 0.15) is 29.6 Å². The van der Waals surface area contributed by atoms with Gasteiger partial charge >= 0.3 is 5.97 Å². The summed E-state index contributed by atoms with van der Waals surface area (Å²) < 4.78 is 5.28. The van der Waals surface area contributed by atoms with Gasteiger partial charge in [0.05, 0.1) is 17.6 Å². The first kappa shape index (κ1) is 14.4. The predicted molar refractivity (Wildman–Crippen MR) is 65.0 cm³/mol. The largest absolute Gasteiger partial charge is 0.494 e. The number of carboxylic acids is 1. The molecule has 0 heterocycles. The molecule has 0 saturated heterocycles. The van der Waals surface area contributed by atoms with E-state index >= 15 is 0 Å². The number of hydrogen-bond acceptors (Lipinski definition) is 5. The first-order chi connectivity index (χ1) is 9.06. The summed E-state index contributed by atoms with van der Waals surface area (Å²) in [6.45, 7) is 0.332. The number of rotatable bonds is 7. The Kier molecular flexibility index (Phi) is 5.29. The highest BCUT2D eigenvalue weighted by molar-refractivity contribution is 5.92. The molecule has 1 N–H and O–H groups in total. The van der Waals surface area contributed by atoms with Crippen LogP contribution in [-0.4, -0.2) is 22.6 Å². The third kappa shape index (κ3) is 4.27. The quantitative estimate of drug-likeness (QED) is 0.459. The van der Waals surface area contributed by atoms with E-state index in [9.17, 15) is 14.9 Å². The Morgan fingerprint density at radius 1 is 1.47 bits per heavy atom. The zero-order valence-electron chi connectivity index (χ0n) is 10.0. The van der Waals surface area contributed by atoms with E-state index in [4.69, 9.17) is 15.1 Å². The molecule has 0 fully saturated rings. The molecule has 0 radical (unpaired) electrons. The molecule has 19 heavy (non-hydrogen) atoms. The summed E-state index contributed by atoms with van der Waals surface area (Å²) in [6.07, 6.45) is 1.78. The summed E-state index contributed by atoms with van der Waals surface area (Å²) in [5.74, 6) is -1.11. The predicted octanol–water partition coefficient (Wildman–Crippen LogP) is 2.37. The molecule has 7 heteroatoms. The van der Waals surface area contributed by atoms with Crippen molar-refractivity contribution < 1.29 is 19.6 Å². The summed E-state index contributed by atoms with van der Waals surface area (Å²) in [4.78, 5) is 20.8. The third-order valence-electron chi connectivity index (χ3n) is 2.35. The van der Waals surface area contributed by atoms with Crippen LogP contribution in [0.2, 0.25) is 0 Å². The number of nitro benzene ring substituents is 1. The first-order valence-corrected chi connectivity index (χ1v) is 5.57. The molecule has 100 valence electrons. The highest BCUT2D eigenvalue weighted by Crippen LogP contribution is 2.24. The fourth-order valence-corrected chi connectivity index (χ4v) is 1.43. The zero-order chi connectivity index (χ0) is 14.3. The minimum absolute atomic E-state index is 0.264. The van der Waals surface area contributed by atoms with Crippen molar-refractivity contribution in [2.75, 3.05) is 6.61 Å². The SMILES string of the molecule is N#CCCCCOc1ccc([N+](=O)[O-])c(C(=O)O)c1. The molecule has 0 atom stereocenters. The molecule has 0 spiro atoms. The number of carboxylic acid groups (broad SMARTS) is 1. The van der Waals surface area contributed by atoms with Gasteiger partial charge in [-0.05, 0) is 18.9 Å². The van der Waals surface area contributed by atoms with E-state index in [1.807, 2.05) is 6.07 Å². The molecule has 1 aromatic carbocycles. The molecule has 0 aliphatic rings. The van der Waals surface area contributed by atoms with Gasteiger partial charge in [0.15, 0.2) is 0 Å². The molecule has 0 saturated carbocycles. The second-order valence-electron chi connectivity index (χ2n) is 3.70. The normalized spacial score (nSPS) is 9.63. The van der Waals surface area contributed by atoms with Crippen LogP contribution in [-0.2, 0) is 0 Å². The summed E-state index contributed by atoms with van der Waals surface area (Å²) in [7, 11) is 0. The lowest BCUT2D eigenvalue weighted by Crippen LogP contribution is -2.04. The number of benzene rings is 1. The lowest BCUT2D eigenvalue weighted by Gasteiger charge is -2.06. The number of carbonyl (C=O) groups is 1. The average molecular weight is 264 g/mol. The van der Waals surface area contributed by atoms with Crippen molar-refractivity contribution in [3.63, 3.8) is 0 Å². The Hall–Kier alpha value is -2.62. The molecule has 1 rings (SSSR count). The van der Waals surface area contributed by atoms with Crippen LogP contribution < -0.4 is 4.74 Å². The topological polar surface area (TPSA) is 113 Å². The minimum atomic E-state index is -1.37. The van der Waals surface area contributed by atoms with Crippen LogP contribution in [0.15, 0.2) is 18.2 Å². The van der Waals surface area contributed by atoms with Gasteiger partial charge in [-0.1, -0.05) is 0 Å². The number of unbranched alkanes of at least 4 members (excludes halogenated alkanes) is 2. The van der Waals surface area contributed by atoms with Crippen molar-refractivity contribution in [3.05, 3.63) is 33.9 Å². The van der Waals surface area contributed by atoms with Gasteiger partial charge in [-0.2, -0.15) is 5.26 Å². The van der Waals surface area contributed by atoms with Gasteiger partial charge in [0.1, 0.15) is 11.3 Å². The maximum atomic E-state index is 10.9. The second-order valence-corrected chi connectivity index (χ2v) is 3.70. The Morgan fingerprint density at radius 2 is 2.21 bits per heavy atom. The number of nitro groups is 1. The monoisotopic (exact) mass is 264 g/mol. The second kappa shape index (κ2) is 6.96. The standard InChI is InChI=1S/C12H12N2O5/c13-6-2-1-3-7-19-9-4-5-11(14(17)18)10(8-9)12(15)16/h4-5,8H,1-3,7H2,(H,15,16). The number of aromatic carboxylic acids is 1. The molecule has 1 aromatic rings.